The van der Waals surface area contributed by atoms with E-state index in [1.165, 1.54) is 173 Å². The van der Waals surface area contributed by atoms with Gasteiger partial charge in [0.15, 0.2) is 6.29 Å². The minimum atomic E-state index is -1.67. The molecule has 1 aliphatic heterocycles. The fourth-order valence-corrected chi connectivity index (χ4v) is 9.36. The van der Waals surface area contributed by atoms with Gasteiger partial charge in [0, 0.05) is 0 Å². The van der Waals surface area contributed by atoms with Crippen molar-refractivity contribution in [1.82, 2.24) is 5.32 Å². The molecule has 1 fully saturated rings. The molecule has 0 spiro atoms. The zero-order valence-corrected chi connectivity index (χ0v) is 45.0. The van der Waals surface area contributed by atoms with Crippen molar-refractivity contribution in [3.8, 4) is 0 Å². The largest absolute Gasteiger partial charge is 0.394 e. The van der Waals surface area contributed by atoms with Crippen molar-refractivity contribution >= 4 is 5.91 Å². The molecule has 1 rings (SSSR count). The van der Waals surface area contributed by atoms with Gasteiger partial charge in [-0.1, -0.05) is 237 Å². The zero-order valence-electron chi connectivity index (χ0n) is 45.0. The third kappa shape index (κ3) is 36.3. The summed E-state index contributed by atoms with van der Waals surface area (Å²) in [7, 11) is 0. The highest BCUT2D eigenvalue weighted by Gasteiger charge is 2.44. The number of rotatable bonds is 50. The van der Waals surface area contributed by atoms with Crippen molar-refractivity contribution < 1.29 is 50.0 Å². The van der Waals surface area contributed by atoms with Crippen LogP contribution in [0.5, 0.6) is 0 Å². The van der Waals surface area contributed by atoms with E-state index in [1.54, 1.807) is 0 Å². The molecule has 1 amide bonds. The molecule has 0 aromatic carbocycles. The van der Waals surface area contributed by atoms with E-state index in [-0.39, 0.29) is 12.8 Å². The number of nitrogens with one attached hydrogen (secondary N) is 1. The van der Waals surface area contributed by atoms with Gasteiger partial charge in [-0.3, -0.25) is 4.79 Å². The van der Waals surface area contributed by atoms with Crippen molar-refractivity contribution in [3.63, 3.8) is 0 Å². The van der Waals surface area contributed by atoms with E-state index in [0.29, 0.717) is 19.3 Å². The molecule has 9 unspecified atom stereocenters. The molecule has 1 aliphatic rings. The molecule has 1 heterocycles. The molecule has 0 bridgehead atoms. The van der Waals surface area contributed by atoms with Crippen LogP contribution < -0.4 is 5.32 Å². The molecule has 11 heteroatoms. The second kappa shape index (κ2) is 48.3. The SMILES string of the molecule is CCCCCCCCCCCCCCCC/C=C/CC/C=C/CC/C=C/CCCC(O)C(O)C(COC1OC(CO)C(O)C(O)C1O)NC(=O)C(O)CCCCCCCCCCCCCCCCCC. The summed E-state index contributed by atoms with van der Waals surface area (Å²) >= 11 is 0. The highest BCUT2D eigenvalue weighted by atomic mass is 16.7. The lowest BCUT2D eigenvalue weighted by molar-refractivity contribution is -0.303. The quantitative estimate of drug-likeness (QED) is 0.0215. The summed E-state index contributed by atoms with van der Waals surface area (Å²) < 4.78 is 11.1. The first kappa shape index (κ1) is 66.3. The first-order valence-electron chi connectivity index (χ1n) is 29.4. The van der Waals surface area contributed by atoms with Crippen LogP contribution in [0.2, 0.25) is 0 Å². The molecular weight excluding hydrogens is 883 g/mol. The summed E-state index contributed by atoms with van der Waals surface area (Å²) in [4.78, 5) is 13.2. The predicted molar refractivity (Wildman–Crippen MR) is 289 cm³/mol. The monoisotopic (exact) mass is 994 g/mol. The highest BCUT2D eigenvalue weighted by Crippen LogP contribution is 2.23. The Kier molecular flexibility index (Phi) is 45.8. The van der Waals surface area contributed by atoms with Gasteiger partial charge in [0.1, 0.15) is 36.6 Å². The molecule has 412 valence electrons. The zero-order chi connectivity index (χ0) is 51.1. The fraction of sp³-hybridized carbons (Fsp3) is 0.881. The second-order valence-electron chi connectivity index (χ2n) is 20.7. The van der Waals surface area contributed by atoms with Crippen LogP contribution in [0.4, 0.5) is 0 Å². The Balaban J connectivity index is 2.33. The van der Waals surface area contributed by atoms with Crippen LogP contribution >= 0.6 is 0 Å². The van der Waals surface area contributed by atoms with Crippen molar-refractivity contribution in [2.75, 3.05) is 13.2 Å². The van der Waals surface area contributed by atoms with E-state index in [0.717, 1.165) is 44.9 Å². The molecule has 70 heavy (non-hydrogen) atoms. The minimum absolute atomic E-state index is 0.243. The van der Waals surface area contributed by atoms with Gasteiger partial charge >= 0.3 is 0 Å². The van der Waals surface area contributed by atoms with Crippen LogP contribution in [0.1, 0.15) is 264 Å². The molecule has 9 atom stereocenters. The summed E-state index contributed by atoms with van der Waals surface area (Å²) in [5, 5.41) is 76.1. The molecule has 1 saturated heterocycles. The Hall–Kier alpha value is -1.67. The van der Waals surface area contributed by atoms with E-state index < -0.39 is 74.2 Å². The lowest BCUT2D eigenvalue weighted by atomic mass is 9.98. The Labute approximate surface area is 428 Å². The van der Waals surface area contributed by atoms with Crippen LogP contribution in [0.3, 0.4) is 0 Å². The maximum absolute atomic E-state index is 13.2. The average molecular weight is 995 g/mol. The third-order valence-electron chi connectivity index (χ3n) is 14.2. The van der Waals surface area contributed by atoms with Gasteiger partial charge in [0.2, 0.25) is 5.91 Å². The van der Waals surface area contributed by atoms with Crippen LogP contribution in [-0.2, 0) is 14.3 Å². The Morgan fingerprint density at radius 3 is 1.27 bits per heavy atom. The Bertz CT molecular complexity index is 1230. The fourth-order valence-electron chi connectivity index (χ4n) is 9.36. The van der Waals surface area contributed by atoms with E-state index in [9.17, 15) is 40.5 Å². The summed E-state index contributed by atoms with van der Waals surface area (Å²) in [6, 6.07) is -1.19. The second-order valence-corrected chi connectivity index (χ2v) is 20.7. The first-order valence-corrected chi connectivity index (χ1v) is 29.4. The number of amides is 1. The topological polar surface area (TPSA) is 189 Å². The van der Waals surface area contributed by atoms with Crippen LogP contribution in [0.15, 0.2) is 36.5 Å². The number of allylic oxidation sites excluding steroid dienone is 6. The minimum Gasteiger partial charge on any atom is -0.394 e. The van der Waals surface area contributed by atoms with Crippen LogP contribution in [-0.4, -0.2) is 110 Å². The van der Waals surface area contributed by atoms with Gasteiger partial charge < -0.3 is 50.5 Å². The van der Waals surface area contributed by atoms with Crippen LogP contribution in [0, 0.1) is 0 Å². The van der Waals surface area contributed by atoms with E-state index in [4.69, 9.17) is 9.47 Å². The van der Waals surface area contributed by atoms with Gasteiger partial charge in [-0.05, 0) is 64.2 Å². The summed E-state index contributed by atoms with van der Waals surface area (Å²) in [5.41, 5.74) is 0. The lowest BCUT2D eigenvalue weighted by Gasteiger charge is -2.40. The molecular formula is C59H111NO10. The Morgan fingerprint density at radius 1 is 0.486 bits per heavy atom. The molecule has 0 aliphatic carbocycles. The van der Waals surface area contributed by atoms with Gasteiger partial charge in [0.25, 0.3) is 0 Å². The summed E-state index contributed by atoms with van der Waals surface area (Å²) in [6.45, 7) is 3.45. The normalized spacial score (nSPS) is 20.5. The number of carbonyl (C=O) groups excluding carboxylic acids is 1. The van der Waals surface area contributed by atoms with Gasteiger partial charge in [-0.15, -0.1) is 0 Å². The first-order chi connectivity index (χ1) is 34.2. The van der Waals surface area contributed by atoms with Crippen molar-refractivity contribution in [3.05, 3.63) is 36.5 Å². The standard InChI is InChI=1S/C59H111NO10/c1-3-5-7-9-11-13-15-17-19-21-22-23-24-25-26-27-28-29-30-31-33-34-36-38-40-42-44-46-51(62)54(64)50(49-69-59-57(67)56(66)55(65)53(48-61)70-59)60-58(68)52(63)47-45-43-41-39-37-35-32-20-18-16-14-12-10-8-6-4-2/h27-28,31,33,38,40,50-57,59,61-67H,3-26,29-30,32,34-37,39,41-49H2,1-2H3,(H,60,68)/b28-27+,33-31+,40-38+. The van der Waals surface area contributed by atoms with Crippen molar-refractivity contribution in [2.45, 2.75) is 319 Å². The molecule has 0 saturated carbocycles. The molecule has 8 N–H and O–H groups in total. The number of carbonyl (C=O) groups is 1. The molecule has 0 radical (unpaired) electrons. The number of aliphatic hydroxyl groups excluding tert-OH is 7. The molecule has 0 aromatic rings. The van der Waals surface area contributed by atoms with E-state index in [1.807, 2.05) is 0 Å². The average Bonchev–Trinajstić information content (AvgIpc) is 3.36. The third-order valence-corrected chi connectivity index (χ3v) is 14.2. The number of ether oxygens (including phenoxy) is 2. The van der Waals surface area contributed by atoms with E-state index in [2.05, 4.69) is 55.6 Å². The van der Waals surface area contributed by atoms with Gasteiger partial charge in [-0.25, -0.2) is 0 Å². The Morgan fingerprint density at radius 2 is 0.857 bits per heavy atom. The van der Waals surface area contributed by atoms with Crippen molar-refractivity contribution in [2.24, 2.45) is 0 Å². The van der Waals surface area contributed by atoms with Crippen LogP contribution in [0.25, 0.3) is 0 Å². The predicted octanol–water partition coefficient (Wildman–Crippen LogP) is 12.3. The van der Waals surface area contributed by atoms with E-state index >= 15 is 0 Å². The van der Waals surface area contributed by atoms with Gasteiger partial charge in [0.05, 0.1) is 25.4 Å². The summed E-state index contributed by atoms with van der Waals surface area (Å²) in [5.74, 6) is -0.710. The smallest absolute Gasteiger partial charge is 0.249 e. The molecule has 0 aromatic heterocycles. The maximum Gasteiger partial charge on any atom is 0.249 e. The number of aliphatic hydroxyl groups is 7. The molecule has 11 nitrogen and oxygen atoms in total. The number of unbranched alkanes of at least 4 members (excludes halogenated alkanes) is 32. The van der Waals surface area contributed by atoms with Crippen molar-refractivity contribution in [1.29, 1.82) is 0 Å². The number of hydrogen-bond donors (Lipinski definition) is 8. The summed E-state index contributed by atoms with van der Waals surface area (Å²) in [6.07, 6.45) is 47.8. The maximum atomic E-state index is 13.2. The lowest BCUT2D eigenvalue weighted by Crippen LogP contribution is -2.60. The number of hydrogen-bond acceptors (Lipinski definition) is 10. The van der Waals surface area contributed by atoms with Gasteiger partial charge in [-0.2, -0.15) is 0 Å². The highest BCUT2D eigenvalue weighted by molar-refractivity contribution is 5.80.